The van der Waals surface area contributed by atoms with Gasteiger partial charge in [0.05, 0.1) is 11.5 Å². The Bertz CT molecular complexity index is 590. The maximum absolute atomic E-state index is 9.18. The molecule has 0 aliphatic heterocycles. The van der Waals surface area contributed by atoms with Crippen molar-refractivity contribution in [2.24, 2.45) is 5.41 Å². The van der Waals surface area contributed by atoms with E-state index in [9.17, 15) is 5.26 Å². The molecule has 1 N–H and O–H groups in total. The summed E-state index contributed by atoms with van der Waals surface area (Å²) in [6, 6.07) is 11.0. The summed E-state index contributed by atoms with van der Waals surface area (Å²) in [7, 11) is 0. The van der Waals surface area contributed by atoms with Crippen molar-refractivity contribution in [3.05, 3.63) is 35.2 Å². The monoisotopic (exact) mass is 256 g/mol. The molecule has 1 aliphatic carbocycles. The van der Waals surface area contributed by atoms with Gasteiger partial charge in [-0.1, -0.05) is 24.6 Å². The smallest absolute Gasteiger partial charge is 0.0703 e. The number of nitrogens with zero attached hydrogens (tertiary/aromatic N) is 1. The van der Waals surface area contributed by atoms with Crippen LogP contribution in [0.25, 0.3) is 10.1 Å². The summed E-state index contributed by atoms with van der Waals surface area (Å²) < 4.78 is 1.34. The lowest BCUT2D eigenvalue weighted by atomic mass is 9.70. The van der Waals surface area contributed by atoms with Gasteiger partial charge in [0.2, 0.25) is 0 Å². The van der Waals surface area contributed by atoms with Crippen LogP contribution in [0.5, 0.6) is 0 Å². The Morgan fingerprint density at radius 1 is 1.33 bits per heavy atom. The van der Waals surface area contributed by atoms with Crippen molar-refractivity contribution in [1.82, 2.24) is 5.32 Å². The zero-order valence-corrected chi connectivity index (χ0v) is 11.1. The van der Waals surface area contributed by atoms with Gasteiger partial charge in [-0.3, -0.25) is 0 Å². The Morgan fingerprint density at radius 2 is 2.17 bits per heavy atom. The van der Waals surface area contributed by atoms with E-state index in [4.69, 9.17) is 0 Å². The number of fused-ring (bicyclic) bond motifs is 1. The third-order valence-corrected chi connectivity index (χ3v) is 4.90. The van der Waals surface area contributed by atoms with Crippen LogP contribution in [0.1, 0.15) is 24.8 Å². The van der Waals surface area contributed by atoms with Crippen LogP contribution >= 0.6 is 11.3 Å². The Morgan fingerprint density at radius 3 is 2.89 bits per heavy atom. The van der Waals surface area contributed by atoms with Crippen molar-refractivity contribution in [2.75, 3.05) is 6.54 Å². The van der Waals surface area contributed by atoms with Crippen molar-refractivity contribution in [1.29, 1.82) is 5.26 Å². The second-order valence-corrected chi connectivity index (χ2v) is 6.02. The Labute approximate surface area is 111 Å². The minimum atomic E-state index is -0.0776. The highest BCUT2D eigenvalue weighted by atomic mass is 32.1. The van der Waals surface area contributed by atoms with Crippen LogP contribution in [0.2, 0.25) is 0 Å². The number of thiophene rings is 1. The predicted molar refractivity (Wildman–Crippen MR) is 75.4 cm³/mol. The molecule has 0 bridgehead atoms. The number of hydrogen-bond donors (Lipinski definition) is 1. The summed E-state index contributed by atoms with van der Waals surface area (Å²) in [6.07, 6.45) is 3.32. The van der Waals surface area contributed by atoms with Crippen molar-refractivity contribution in [3.63, 3.8) is 0 Å². The Balaban J connectivity index is 1.65. The molecule has 0 spiro atoms. The van der Waals surface area contributed by atoms with E-state index in [-0.39, 0.29) is 5.41 Å². The van der Waals surface area contributed by atoms with Gasteiger partial charge in [0.1, 0.15) is 0 Å². The van der Waals surface area contributed by atoms with E-state index in [0.29, 0.717) is 0 Å². The molecule has 0 unspecified atom stereocenters. The first-order valence-corrected chi connectivity index (χ1v) is 7.28. The van der Waals surface area contributed by atoms with Crippen LogP contribution in [0, 0.1) is 16.7 Å². The lowest BCUT2D eigenvalue weighted by Gasteiger charge is -2.35. The zero-order valence-electron chi connectivity index (χ0n) is 10.3. The molecule has 1 aromatic carbocycles. The molecule has 0 saturated heterocycles. The van der Waals surface area contributed by atoms with E-state index in [2.05, 4.69) is 41.0 Å². The summed E-state index contributed by atoms with van der Waals surface area (Å²) in [4.78, 5) is 0. The Hall–Kier alpha value is -1.37. The highest BCUT2D eigenvalue weighted by Crippen LogP contribution is 2.39. The van der Waals surface area contributed by atoms with Crippen LogP contribution in [0.4, 0.5) is 0 Å². The second kappa shape index (κ2) is 4.72. The van der Waals surface area contributed by atoms with E-state index in [0.717, 1.165) is 25.9 Å². The van der Waals surface area contributed by atoms with Gasteiger partial charge in [0.25, 0.3) is 0 Å². The molecule has 0 radical (unpaired) electrons. The largest absolute Gasteiger partial charge is 0.311 e. The fourth-order valence-corrected chi connectivity index (χ4v) is 3.50. The number of nitriles is 1. The van der Waals surface area contributed by atoms with Crippen LogP contribution in [0.3, 0.4) is 0 Å². The van der Waals surface area contributed by atoms with Gasteiger partial charge < -0.3 is 5.32 Å². The SMILES string of the molecule is N#CC1(CNCc2csc3ccccc23)CCC1. The third-order valence-electron chi connectivity index (χ3n) is 3.89. The fourth-order valence-electron chi connectivity index (χ4n) is 2.54. The van der Waals surface area contributed by atoms with Gasteiger partial charge >= 0.3 is 0 Å². The summed E-state index contributed by atoms with van der Waals surface area (Å²) in [5.74, 6) is 0. The van der Waals surface area contributed by atoms with Crippen LogP contribution in [-0.4, -0.2) is 6.54 Å². The molecule has 1 aliphatic rings. The molecule has 3 heteroatoms. The van der Waals surface area contributed by atoms with E-state index >= 15 is 0 Å². The molecule has 3 rings (SSSR count). The minimum Gasteiger partial charge on any atom is -0.311 e. The van der Waals surface area contributed by atoms with Crippen LogP contribution in [-0.2, 0) is 6.54 Å². The summed E-state index contributed by atoms with van der Waals surface area (Å²) in [5.41, 5.74) is 1.27. The topological polar surface area (TPSA) is 35.8 Å². The number of hydrogen-bond acceptors (Lipinski definition) is 3. The lowest BCUT2D eigenvalue weighted by molar-refractivity contribution is 0.207. The molecule has 1 fully saturated rings. The molecular weight excluding hydrogens is 240 g/mol. The maximum Gasteiger partial charge on any atom is 0.0703 e. The molecule has 1 saturated carbocycles. The van der Waals surface area contributed by atoms with Gasteiger partial charge in [-0.05, 0) is 35.2 Å². The molecule has 92 valence electrons. The molecule has 2 nitrogen and oxygen atoms in total. The van der Waals surface area contributed by atoms with Crippen molar-refractivity contribution < 1.29 is 0 Å². The molecule has 0 amide bonds. The number of nitrogens with one attached hydrogen (secondary N) is 1. The third kappa shape index (κ3) is 2.03. The Kier molecular flexibility index (Phi) is 3.07. The van der Waals surface area contributed by atoms with Crippen molar-refractivity contribution in [3.8, 4) is 6.07 Å². The highest BCUT2D eigenvalue weighted by Gasteiger charge is 2.36. The molecule has 18 heavy (non-hydrogen) atoms. The van der Waals surface area contributed by atoms with Crippen molar-refractivity contribution in [2.45, 2.75) is 25.8 Å². The molecule has 0 atom stereocenters. The van der Waals surface area contributed by atoms with E-state index in [1.54, 1.807) is 11.3 Å². The fraction of sp³-hybridized carbons (Fsp3) is 0.400. The van der Waals surface area contributed by atoms with E-state index in [1.807, 2.05) is 0 Å². The first kappa shape index (κ1) is 11.7. The normalized spacial score (nSPS) is 17.3. The highest BCUT2D eigenvalue weighted by molar-refractivity contribution is 7.17. The first-order valence-electron chi connectivity index (χ1n) is 6.40. The molecule has 2 aromatic rings. The quantitative estimate of drug-likeness (QED) is 0.905. The van der Waals surface area contributed by atoms with Gasteiger partial charge in [-0.2, -0.15) is 5.26 Å². The zero-order chi connectivity index (χ0) is 12.4. The summed E-state index contributed by atoms with van der Waals surface area (Å²) in [6.45, 7) is 1.70. The van der Waals surface area contributed by atoms with Gasteiger partial charge in [0, 0.05) is 17.8 Å². The molecule has 1 aromatic heterocycles. The molecule has 1 heterocycles. The minimum absolute atomic E-state index is 0.0776. The number of benzene rings is 1. The standard InChI is InChI=1S/C15H16N2S/c16-10-15(6-3-7-15)11-17-8-12-9-18-14-5-2-1-4-13(12)14/h1-2,4-5,9,17H,3,6-8,11H2. The summed E-state index contributed by atoms with van der Waals surface area (Å²) in [5, 5.41) is 16.2. The molecular formula is C15H16N2S. The van der Waals surface area contributed by atoms with Crippen LogP contribution < -0.4 is 5.32 Å². The number of rotatable bonds is 4. The van der Waals surface area contributed by atoms with Gasteiger partial charge in [-0.25, -0.2) is 0 Å². The lowest BCUT2D eigenvalue weighted by Crippen LogP contribution is -2.38. The summed E-state index contributed by atoms with van der Waals surface area (Å²) >= 11 is 1.79. The van der Waals surface area contributed by atoms with Crippen LogP contribution in [0.15, 0.2) is 29.6 Å². The average molecular weight is 256 g/mol. The van der Waals surface area contributed by atoms with Gasteiger partial charge in [-0.15, -0.1) is 11.3 Å². The van der Waals surface area contributed by atoms with Crippen molar-refractivity contribution >= 4 is 21.4 Å². The predicted octanol–water partition coefficient (Wildman–Crippen LogP) is 3.68. The van der Waals surface area contributed by atoms with Gasteiger partial charge in [0.15, 0.2) is 0 Å². The first-order chi connectivity index (χ1) is 8.83. The van der Waals surface area contributed by atoms with E-state index in [1.165, 1.54) is 22.1 Å². The average Bonchev–Trinajstić information content (AvgIpc) is 2.76. The van der Waals surface area contributed by atoms with E-state index < -0.39 is 0 Å². The second-order valence-electron chi connectivity index (χ2n) is 5.11. The maximum atomic E-state index is 9.18.